The molecule has 0 aliphatic heterocycles. The molecule has 0 bridgehead atoms. The molecule has 3 amide bonds. The molecule has 0 unspecified atom stereocenters. The number of nitrogens with one attached hydrogen (secondary N) is 2. The van der Waals surface area contributed by atoms with Gasteiger partial charge in [-0.05, 0) is 54.0 Å². The van der Waals surface area contributed by atoms with Gasteiger partial charge in [-0.1, -0.05) is 12.1 Å². The minimum absolute atomic E-state index is 0.0348. The number of aromatic nitrogens is 2. The Hall–Kier alpha value is -3.67. The highest BCUT2D eigenvalue weighted by atomic mass is 79.9. The van der Waals surface area contributed by atoms with Crippen molar-refractivity contribution in [1.29, 1.82) is 0 Å². The number of halogens is 4. The molecule has 0 aliphatic rings. The first-order valence-corrected chi connectivity index (χ1v) is 11.2. The maximum atomic E-state index is 13.5. The average Bonchev–Trinajstić information content (AvgIpc) is 2.81. The van der Waals surface area contributed by atoms with Crippen molar-refractivity contribution in [3.05, 3.63) is 70.5 Å². The summed E-state index contributed by atoms with van der Waals surface area (Å²) in [6, 6.07) is 8.34. The van der Waals surface area contributed by atoms with Gasteiger partial charge in [-0.2, -0.15) is 13.2 Å². The van der Waals surface area contributed by atoms with Gasteiger partial charge in [0, 0.05) is 42.9 Å². The number of para-hydroxylation sites is 1. The second-order valence-corrected chi connectivity index (χ2v) is 8.01. The third kappa shape index (κ3) is 6.69. The van der Waals surface area contributed by atoms with Crippen LogP contribution in [-0.2, 0) is 6.18 Å². The molecule has 3 aromatic rings. The Bertz CT molecular complexity index is 1200. The number of rotatable bonds is 7. The van der Waals surface area contributed by atoms with E-state index in [-0.39, 0.29) is 17.3 Å². The van der Waals surface area contributed by atoms with Gasteiger partial charge in [0.05, 0.1) is 15.6 Å². The first-order chi connectivity index (χ1) is 16.6. The molecule has 2 aromatic carbocycles. The quantitative estimate of drug-likeness (QED) is 0.382. The lowest BCUT2D eigenvalue weighted by Crippen LogP contribution is -2.35. The fourth-order valence-corrected chi connectivity index (χ4v) is 3.41. The van der Waals surface area contributed by atoms with Gasteiger partial charge in [-0.3, -0.25) is 10.1 Å². The minimum Gasteiger partial charge on any atom is -0.424 e. The van der Waals surface area contributed by atoms with Crippen LogP contribution in [0.3, 0.4) is 0 Å². The van der Waals surface area contributed by atoms with Crippen molar-refractivity contribution in [2.75, 3.05) is 23.3 Å². The first kappa shape index (κ1) is 25.9. The lowest BCUT2D eigenvalue weighted by atomic mass is 10.1. The summed E-state index contributed by atoms with van der Waals surface area (Å²) >= 11 is 3.13. The second-order valence-electron chi connectivity index (χ2n) is 7.09. The lowest BCUT2D eigenvalue weighted by Gasteiger charge is -2.23. The van der Waals surface area contributed by atoms with Crippen molar-refractivity contribution in [3.63, 3.8) is 0 Å². The molecule has 2 N–H and O–H groups in total. The maximum absolute atomic E-state index is 13.5. The fourth-order valence-electron chi connectivity index (χ4n) is 3.21. The van der Waals surface area contributed by atoms with E-state index in [0.29, 0.717) is 23.2 Å². The van der Waals surface area contributed by atoms with Gasteiger partial charge in [0.15, 0.2) is 0 Å². The molecule has 1 aromatic heterocycles. The molecule has 0 saturated heterocycles. The SMILES string of the molecule is CCN(CC)c1ccccc1C(=O)NC(=O)Nc1ccc(C(F)(F)F)c(Oc2ncc(Br)cn2)c1. The molecule has 0 spiro atoms. The number of nitrogens with zero attached hydrogens (tertiary/aromatic N) is 3. The van der Waals surface area contributed by atoms with Crippen molar-refractivity contribution in [3.8, 4) is 11.8 Å². The van der Waals surface area contributed by atoms with Crippen molar-refractivity contribution < 1.29 is 27.5 Å². The van der Waals surface area contributed by atoms with Gasteiger partial charge in [-0.25, -0.2) is 14.8 Å². The second kappa shape index (κ2) is 11.2. The van der Waals surface area contributed by atoms with Crippen LogP contribution in [-0.4, -0.2) is 35.0 Å². The van der Waals surface area contributed by atoms with Gasteiger partial charge in [0.2, 0.25) is 0 Å². The third-order valence-electron chi connectivity index (χ3n) is 4.82. The highest BCUT2D eigenvalue weighted by Crippen LogP contribution is 2.39. The first-order valence-electron chi connectivity index (χ1n) is 10.4. The summed E-state index contributed by atoms with van der Waals surface area (Å²) in [6.07, 6.45) is -2.10. The normalized spacial score (nSPS) is 11.0. The van der Waals surface area contributed by atoms with Gasteiger partial charge in [0.25, 0.3) is 5.91 Å². The zero-order valence-electron chi connectivity index (χ0n) is 18.7. The largest absolute Gasteiger partial charge is 0.424 e. The van der Waals surface area contributed by atoms with E-state index in [4.69, 9.17) is 4.74 Å². The average molecular weight is 552 g/mol. The Morgan fingerprint density at radius 1 is 1.06 bits per heavy atom. The molecule has 184 valence electrons. The number of carbonyl (C=O) groups excluding carboxylic acids is 2. The standard InChI is InChI=1S/C23H21BrF3N5O3/c1-3-32(4-2)18-8-6-5-7-16(18)20(33)31-21(34)30-15-9-10-17(23(25,26)27)19(11-15)35-22-28-12-14(24)13-29-22/h5-13H,3-4H2,1-2H3,(H2,30,31,33,34). The van der Waals surface area contributed by atoms with Crippen LogP contribution in [0, 0.1) is 0 Å². The highest BCUT2D eigenvalue weighted by molar-refractivity contribution is 9.10. The van der Waals surface area contributed by atoms with Crippen LogP contribution in [0.1, 0.15) is 29.8 Å². The van der Waals surface area contributed by atoms with Gasteiger partial charge < -0.3 is 15.0 Å². The van der Waals surface area contributed by atoms with E-state index in [1.807, 2.05) is 18.7 Å². The number of amides is 3. The Balaban J connectivity index is 1.79. The molecule has 8 nitrogen and oxygen atoms in total. The Morgan fingerprint density at radius 2 is 1.71 bits per heavy atom. The Labute approximate surface area is 207 Å². The zero-order chi connectivity index (χ0) is 25.6. The number of imide groups is 1. The van der Waals surface area contributed by atoms with Crippen LogP contribution in [0.25, 0.3) is 0 Å². The molecular weight excluding hydrogens is 531 g/mol. The number of carbonyl (C=O) groups is 2. The van der Waals surface area contributed by atoms with Crippen molar-refractivity contribution in [1.82, 2.24) is 15.3 Å². The van der Waals surface area contributed by atoms with Crippen LogP contribution in [0.4, 0.5) is 29.3 Å². The number of ether oxygens (including phenoxy) is 1. The van der Waals surface area contributed by atoms with E-state index >= 15 is 0 Å². The predicted molar refractivity (Wildman–Crippen MR) is 128 cm³/mol. The molecular formula is C23H21BrF3N5O3. The zero-order valence-corrected chi connectivity index (χ0v) is 20.3. The van der Waals surface area contributed by atoms with Crippen molar-refractivity contribution >= 4 is 39.2 Å². The lowest BCUT2D eigenvalue weighted by molar-refractivity contribution is -0.138. The fraction of sp³-hybridized carbons (Fsp3) is 0.217. The summed E-state index contributed by atoms with van der Waals surface area (Å²) in [5.41, 5.74) is -0.177. The number of alkyl halides is 3. The predicted octanol–water partition coefficient (Wildman–Crippen LogP) is 5.86. The highest BCUT2D eigenvalue weighted by Gasteiger charge is 2.35. The summed E-state index contributed by atoms with van der Waals surface area (Å²) in [4.78, 5) is 34.7. The van der Waals surface area contributed by atoms with E-state index in [2.05, 4.69) is 36.5 Å². The van der Waals surface area contributed by atoms with Crippen LogP contribution in [0.15, 0.2) is 59.3 Å². The number of hydrogen-bond acceptors (Lipinski definition) is 6. The Morgan fingerprint density at radius 3 is 2.34 bits per heavy atom. The van der Waals surface area contributed by atoms with Crippen LogP contribution >= 0.6 is 15.9 Å². The molecule has 0 fully saturated rings. The molecule has 0 atom stereocenters. The van der Waals surface area contributed by atoms with Crippen LogP contribution < -0.4 is 20.3 Å². The summed E-state index contributed by atoms with van der Waals surface area (Å²) in [7, 11) is 0. The molecule has 3 rings (SSSR count). The summed E-state index contributed by atoms with van der Waals surface area (Å²) in [5.74, 6) is -1.27. The number of benzene rings is 2. The van der Waals surface area contributed by atoms with Crippen LogP contribution in [0.2, 0.25) is 0 Å². The van der Waals surface area contributed by atoms with Crippen molar-refractivity contribution in [2.45, 2.75) is 20.0 Å². The van der Waals surface area contributed by atoms with Crippen LogP contribution in [0.5, 0.6) is 11.8 Å². The number of urea groups is 1. The minimum atomic E-state index is -4.73. The van der Waals surface area contributed by atoms with E-state index in [1.165, 1.54) is 12.4 Å². The van der Waals surface area contributed by atoms with E-state index in [9.17, 15) is 22.8 Å². The molecule has 12 heteroatoms. The molecule has 0 radical (unpaired) electrons. The molecule has 0 saturated carbocycles. The summed E-state index contributed by atoms with van der Waals surface area (Å²) < 4.78 is 46.1. The van der Waals surface area contributed by atoms with Gasteiger partial charge in [-0.15, -0.1) is 0 Å². The Kier molecular flexibility index (Phi) is 8.28. The molecule has 1 heterocycles. The monoisotopic (exact) mass is 551 g/mol. The molecule has 0 aliphatic carbocycles. The smallest absolute Gasteiger partial charge is 0.419 e. The van der Waals surface area contributed by atoms with Gasteiger partial charge >= 0.3 is 18.2 Å². The summed E-state index contributed by atoms with van der Waals surface area (Å²) in [5, 5.41) is 4.55. The number of anilines is 2. The van der Waals surface area contributed by atoms with E-state index in [1.54, 1.807) is 24.3 Å². The number of hydrogen-bond donors (Lipinski definition) is 2. The van der Waals surface area contributed by atoms with Gasteiger partial charge in [0.1, 0.15) is 5.75 Å². The summed E-state index contributed by atoms with van der Waals surface area (Å²) in [6.45, 7) is 5.19. The molecule has 35 heavy (non-hydrogen) atoms. The topological polar surface area (TPSA) is 96.5 Å². The maximum Gasteiger partial charge on any atom is 0.419 e. The van der Waals surface area contributed by atoms with E-state index < -0.39 is 29.4 Å². The van der Waals surface area contributed by atoms with Crippen molar-refractivity contribution in [2.24, 2.45) is 0 Å². The van der Waals surface area contributed by atoms with E-state index in [0.717, 1.165) is 18.2 Å². The third-order valence-corrected chi connectivity index (χ3v) is 5.23.